The fourth-order valence-electron chi connectivity index (χ4n) is 2.42. The summed E-state index contributed by atoms with van der Waals surface area (Å²) in [6.07, 6.45) is -3.04. The summed E-state index contributed by atoms with van der Waals surface area (Å²) in [4.78, 5) is 18.3. The fourth-order valence-corrected chi connectivity index (χ4v) is 2.42. The van der Waals surface area contributed by atoms with Gasteiger partial charge in [0.1, 0.15) is 5.82 Å². The van der Waals surface area contributed by atoms with Gasteiger partial charge in [-0.3, -0.25) is 4.79 Å². The third kappa shape index (κ3) is 6.21. The van der Waals surface area contributed by atoms with Crippen LogP contribution in [0.3, 0.4) is 0 Å². The van der Waals surface area contributed by atoms with E-state index >= 15 is 0 Å². The summed E-state index contributed by atoms with van der Waals surface area (Å²) in [5.41, 5.74) is -0.138. The molecule has 1 heterocycles. The highest BCUT2D eigenvalue weighted by molar-refractivity contribution is 5.94. The van der Waals surface area contributed by atoms with Crippen LogP contribution >= 0.6 is 0 Å². The van der Waals surface area contributed by atoms with Crippen molar-refractivity contribution in [3.63, 3.8) is 0 Å². The monoisotopic (exact) mass is 397 g/mol. The first-order valence-electron chi connectivity index (χ1n) is 8.52. The van der Waals surface area contributed by atoms with Gasteiger partial charge in [-0.2, -0.15) is 13.2 Å². The Balaban J connectivity index is 2.08. The van der Waals surface area contributed by atoms with E-state index in [-0.39, 0.29) is 11.6 Å². The molecule has 2 aromatic rings. The Morgan fingerprint density at radius 3 is 2.32 bits per heavy atom. The first-order chi connectivity index (χ1) is 13.3. The number of nitrogens with one attached hydrogen (secondary N) is 1. The highest BCUT2D eigenvalue weighted by Gasteiger charge is 2.30. The van der Waals surface area contributed by atoms with Crippen molar-refractivity contribution >= 4 is 17.4 Å². The van der Waals surface area contributed by atoms with E-state index in [9.17, 15) is 18.0 Å². The molecule has 28 heavy (non-hydrogen) atoms. The van der Waals surface area contributed by atoms with Crippen LogP contribution in [-0.4, -0.2) is 56.3 Å². The van der Waals surface area contributed by atoms with E-state index < -0.39 is 11.7 Å². The second-order valence-electron chi connectivity index (χ2n) is 5.91. The SMILES string of the molecule is COCCN(CCOC)C(=O)c1ccc(Nc2cccc(C(F)(F)F)c2)nc1. The van der Waals surface area contributed by atoms with E-state index in [1.807, 2.05) is 0 Å². The molecule has 1 aromatic carbocycles. The Hall–Kier alpha value is -2.65. The maximum absolute atomic E-state index is 12.8. The molecule has 0 atom stereocenters. The summed E-state index contributed by atoms with van der Waals surface area (Å²) in [5.74, 6) is 0.100. The molecule has 152 valence electrons. The van der Waals surface area contributed by atoms with Gasteiger partial charge in [-0.15, -0.1) is 0 Å². The molecular weight excluding hydrogens is 375 g/mol. The first kappa shape index (κ1) is 21.6. The summed E-state index contributed by atoms with van der Waals surface area (Å²) < 4.78 is 48.4. The highest BCUT2D eigenvalue weighted by atomic mass is 19.4. The molecule has 0 aliphatic carbocycles. The lowest BCUT2D eigenvalue weighted by Gasteiger charge is -2.22. The van der Waals surface area contributed by atoms with Crippen LogP contribution in [0.5, 0.6) is 0 Å². The van der Waals surface area contributed by atoms with Crippen LogP contribution in [0.15, 0.2) is 42.6 Å². The summed E-state index contributed by atoms with van der Waals surface area (Å²) in [6.45, 7) is 1.59. The Labute approximate surface area is 161 Å². The molecule has 1 N–H and O–H groups in total. The molecular formula is C19H22F3N3O3. The standard InChI is InChI=1S/C19H22F3N3O3/c1-27-10-8-25(9-11-28-2)18(26)14-6-7-17(23-13-14)24-16-5-3-4-15(12-16)19(20,21)22/h3-7,12-13H,8-11H2,1-2H3,(H,23,24). The van der Waals surface area contributed by atoms with Crippen molar-refractivity contribution in [2.24, 2.45) is 0 Å². The van der Waals surface area contributed by atoms with E-state index in [0.717, 1.165) is 12.1 Å². The lowest BCUT2D eigenvalue weighted by atomic mass is 10.2. The minimum Gasteiger partial charge on any atom is -0.383 e. The molecule has 1 aromatic heterocycles. The molecule has 0 aliphatic heterocycles. The molecule has 1 amide bonds. The fraction of sp³-hybridized carbons (Fsp3) is 0.368. The predicted octanol–water partition coefficient (Wildman–Crippen LogP) is 3.58. The van der Waals surface area contributed by atoms with Crippen molar-refractivity contribution in [2.75, 3.05) is 45.8 Å². The average molecular weight is 397 g/mol. The third-order valence-electron chi connectivity index (χ3n) is 3.89. The van der Waals surface area contributed by atoms with Crippen molar-refractivity contribution in [2.45, 2.75) is 6.18 Å². The zero-order valence-corrected chi connectivity index (χ0v) is 15.6. The zero-order chi connectivity index (χ0) is 20.6. The second-order valence-corrected chi connectivity index (χ2v) is 5.91. The van der Waals surface area contributed by atoms with Crippen LogP contribution in [-0.2, 0) is 15.7 Å². The van der Waals surface area contributed by atoms with Crippen molar-refractivity contribution in [1.82, 2.24) is 9.88 Å². The Kier molecular flexibility index (Phi) is 7.77. The molecule has 0 saturated heterocycles. The van der Waals surface area contributed by atoms with Gasteiger partial charge in [-0.25, -0.2) is 4.98 Å². The number of pyridine rings is 1. The normalized spacial score (nSPS) is 11.3. The average Bonchev–Trinajstić information content (AvgIpc) is 2.68. The summed E-state index contributed by atoms with van der Waals surface area (Å²) in [6, 6.07) is 7.92. The van der Waals surface area contributed by atoms with Crippen LogP contribution in [0.4, 0.5) is 24.7 Å². The maximum atomic E-state index is 12.8. The number of nitrogens with zero attached hydrogens (tertiary/aromatic N) is 2. The van der Waals surface area contributed by atoms with E-state index in [4.69, 9.17) is 9.47 Å². The van der Waals surface area contributed by atoms with Gasteiger partial charge >= 0.3 is 6.18 Å². The van der Waals surface area contributed by atoms with E-state index in [1.54, 1.807) is 25.2 Å². The lowest BCUT2D eigenvalue weighted by molar-refractivity contribution is -0.137. The van der Waals surface area contributed by atoms with Crippen molar-refractivity contribution < 1.29 is 27.4 Å². The lowest BCUT2D eigenvalue weighted by Crippen LogP contribution is -2.36. The maximum Gasteiger partial charge on any atom is 0.416 e. The number of carbonyl (C=O) groups excluding carboxylic acids is 1. The third-order valence-corrected chi connectivity index (χ3v) is 3.89. The highest BCUT2D eigenvalue weighted by Crippen LogP contribution is 2.31. The van der Waals surface area contributed by atoms with E-state index in [2.05, 4.69) is 10.3 Å². The van der Waals surface area contributed by atoms with Crippen molar-refractivity contribution in [1.29, 1.82) is 0 Å². The van der Waals surface area contributed by atoms with Gasteiger partial charge in [-0.05, 0) is 30.3 Å². The number of carbonyl (C=O) groups is 1. The molecule has 0 spiro atoms. The van der Waals surface area contributed by atoms with Crippen LogP contribution in [0, 0.1) is 0 Å². The summed E-state index contributed by atoms with van der Waals surface area (Å²) in [7, 11) is 3.10. The molecule has 0 radical (unpaired) electrons. The topological polar surface area (TPSA) is 63.7 Å². The summed E-state index contributed by atoms with van der Waals surface area (Å²) >= 11 is 0. The number of alkyl halides is 3. The van der Waals surface area contributed by atoms with Crippen LogP contribution in [0.2, 0.25) is 0 Å². The molecule has 0 saturated carbocycles. The van der Waals surface area contributed by atoms with Gasteiger partial charge in [0, 0.05) is 39.2 Å². The number of amides is 1. The number of ether oxygens (including phenoxy) is 2. The van der Waals surface area contributed by atoms with E-state index in [1.165, 1.54) is 24.4 Å². The number of hydrogen-bond donors (Lipinski definition) is 1. The summed E-state index contributed by atoms with van der Waals surface area (Å²) in [5, 5.41) is 2.80. The van der Waals surface area contributed by atoms with Crippen molar-refractivity contribution in [3.8, 4) is 0 Å². The minimum atomic E-state index is -4.42. The molecule has 9 heteroatoms. The van der Waals surface area contributed by atoms with Gasteiger partial charge in [0.25, 0.3) is 5.91 Å². The van der Waals surface area contributed by atoms with E-state index in [0.29, 0.717) is 37.7 Å². The predicted molar refractivity (Wildman–Crippen MR) is 98.6 cm³/mol. The van der Waals surface area contributed by atoms with Crippen molar-refractivity contribution in [3.05, 3.63) is 53.7 Å². The number of hydrogen-bond acceptors (Lipinski definition) is 5. The Morgan fingerprint density at radius 1 is 1.11 bits per heavy atom. The molecule has 2 rings (SSSR count). The largest absolute Gasteiger partial charge is 0.416 e. The molecule has 6 nitrogen and oxygen atoms in total. The second kappa shape index (κ2) is 10.0. The first-order valence-corrected chi connectivity index (χ1v) is 8.52. The van der Waals surface area contributed by atoms with Gasteiger partial charge in [0.15, 0.2) is 0 Å². The van der Waals surface area contributed by atoms with Gasteiger partial charge in [-0.1, -0.05) is 6.07 Å². The quantitative estimate of drug-likeness (QED) is 0.701. The number of aromatic nitrogens is 1. The smallest absolute Gasteiger partial charge is 0.383 e. The number of halogens is 3. The minimum absolute atomic E-state index is 0.229. The number of rotatable bonds is 9. The molecule has 0 bridgehead atoms. The number of methoxy groups -OCH3 is 2. The Bertz CT molecular complexity index is 759. The zero-order valence-electron chi connectivity index (χ0n) is 15.6. The Morgan fingerprint density at radius 2 is 1.79 bits per heavy atom. The van der Waals surface area contributed by atoms with Crippen LogP contribution in [0.1, 0.15) is 15.9 Å². The van der Waals surface area contributed by atoms with Gasteiger partial charge < -0.3 is 19.7 Å². The molecule has 0 fully saturated rings. The number of benzene rings is 1. The van der Waals surface area contributed by atoms with Gasteiger partial charge in [0.2, 0.25) is 0 Å². The number of anilines is 2. The van der Waals surface area contributed by atoms with Crippen LogP contribution < -0.4 is 5.32 Å². The molecule has 0 unspecified atom stereocenters. The van der Waals surface area contributed by atoms with Crippen LogP contribution in [0.25, 0.3) is 0 Å². The van der Waals surface area contributed by atoms with Gasteiger partial charge in [0.05, 0.1) is 24.3 Å². The molecule has 0 aliphatic rings.